The van der Waals surface area contributed by atoms with Crippen LogP contribution in [0.15, 0.2) is 29.9 Å². The molecule has 8 nitrogen and oxygen atoms in total. The summed E-state index contributed by atoms with van der Waals surface area (Å²) >= 11 is 1.37. The summed E-state index contributed by atoms with van der Waals surface area (Å²) in [6, 6.07) is 3.39. The summed E-state index contributed by atoms with van der Waals surface area (Å²) in [5.41, 5.74) is 0.398. The van der Waals surface area contributed by atoms with Gasteiger partial charge in [0.1, 0.15) is 12.2 Å². The van der Waals surface area contributed by atoms with Gasteiger partial charge in [-0.15, -0.1) is 11.3 Å². The molecule has 2 aromatic rings. The third-order valence-corrected chi connectivity index (χ3v) is 4.96. The third-order valence-electron chi connectivity index (χ3n) is 4.27. The van der Waals surface area contributed by atoms with Crippen molar-refractivity contribution in [2.75, 3.05) is 38.7 Å². The van der Waals surface area contributed by atoms with E-state index in [1.807, 2.05) is 0 Å². The van der Waals surface area contributed by atoms with E-state index in [1.54, 1.807) is 41.9 Å². The Balaban J connectivity index is 1.65. The lowest BCUT2D eigenvalue weighted by Crippen LogP contribution is -2.44. The molecule has 3 rings (SSSR count). The number of hydrogen-bond acceptors (Lipinski definition) is 7. The number of nitrogens with zero attached hydrogens (tertiary/aromatic N) is 3. The number of rotatable bonds is 7. The Morgan fingerprint density at radius 3 is 3.00 bits per heavy atom. The zero-order chi connectivity index (χ0) is 19.1. The number of anilines is 1. The Kier molecular flexibility index (Phi) is 6.72. The van der Waals surface area contributed by atoms with Crippen LogP contribution in [0, 0.1) is 5.92 Å². The Hall–Kier alpha value is -2.52. The quantitative estimate of drug-likeness (QED) is 0.728. The number of likely N-dealkylation sites (tertiary alicyclic amines) is 1. The molecule has 1 N–H and O–H groups in total. The number of hydrogen-bond donors (Lipinski definition) is 1. The second-order valence-corrected chi connectivity index (χ2v) is 7.01. The molecule has 0 aliphatic carbocycles. The van der Waals surface area contributed by atoms with Crippen LogP contribution in [0.3, 0.4) is 0 Å². The Morgan fingerprint density at radius 2 is 2.22 bits per heavy atom. The molecule has 144 valence electrons. The number of methoxy groups -OCH3 is 1. The second-order valence-electron chi connectivity index (χ2n) is 6.11. The molecule has 2 amide bonds. The first kappa shape index (κ1) is 19.2. The molecule has 0 aromatic carbocycles. The minimum Gasteiger partial charge on any atom is -0.475 e. The van der Waals surface area contributed by atoms with Crippen LogP contribution < -0.4 is 10.1 Å². The number of pyridine rings is 1. The maximum atomic E-state index is 13.0. The van der Waals surface area contributed by atoms with E-state index in [9.17, 15) is 9.59 Å². The van der Waals surface area contributed by atoms with E-state index in [4.69, 9.17) is 9.47 Å². The highest BCUT2D eigenvalue weighted by molar-refractivity contribution is 7.13. The first-order valence-electron chi connectivity index (χ1n) is 8.75. The van der Waals surface area contributed by atoms with Gasteiger partial charge in [0.05, 0.1) is 12.5 Å². The van der Waals surface area contributed by atoms with Gasteiger partial charge in [-0.1, -0.05) is 0 Å². The highest BCUT2D eigenvalue weighted by atomic mass is 32.1. The molecule has 3 heterocycles. The number of nitrogens with one attached hydrogen (secondary N) is 1. The summed E-state index contributed by atoms with van der Waals surface area (Å²) in [6.45, 7) is 1.69. The minimum atomic E-state index is -0.263. The molecule has 1 unspecified atom stereocenters. The van der Waals surface area contributed by atoms with Crippen LogP contribution in [0.2, 0.25) is 0 Å². The van der Waals surface area contributed by atoms with Crippen LogP contribution in [-0.4, -0.2) is 60.1 Å². The van der Waals surface area contributed by atoms with E-state index >= 15 is 0 Å². The highest BCUT2D eigenvalue weighted by Crippen LogP contribution is 2.23. The number of piperidine rings is 1. The van der Waals surface area contributed by atoms with Crippen molar-refractivity contribution >= 4 is 28.3 Å². The fraction of sp³-hybridized carbons (Fsp3) is 0.444. The van der Waals surface area contributed by atoms with Gasteiger partial charge in [0.25, 0.3) is 5.91 Å². The molecular formula is C18H22N4O4S. The largest absolute Gasteiger partial charge is 0.475 e. The lowest BCUT2D eigenvalue weighted by molar-refractivity contribution is -0.121. The van der Waals surface area contributed by atoms with Crippen molar-refractivity contribution < 1.29 is 19.1 Å². The van der Waals surface area contributed by atoms with E-state index in [0.717, 1.165) is 12.8 Å². The summed E-state index contributed by atoms with van der Waals surface area (Å²) in [7, 11) is 1.58. The average molecular weight is 390 g/mol. The Morgan fingerprint density at radius 1 is 1.33 bits per heavy atom. The zero-order valence-electron chi connectivity index (χ0n) is 15.1. The summed E-state index contributed by atoms with van der Waals surface area (Å²) in [5, 5.41) is 5.20. The van der Waals surface area contributed by atoms with Crippen LogP contribution in [0.1, 0.15) is 23.2 Å². The molecule has 27 heavy (non-hydrogen) atoms. The molecule has 1 atom stereocenters. The summed E-state index contributed by atoms with van der Waals surface area (Å²) < 4.78 is 10.5. The van der Waals surface area contributed by atoms with Crippen molar-refractivity contribution in [3.63, 3.8) is 0 Å². The first-order valence-corrected chi connectivity index (χ1v) is 9.63. The number of thiazole rings is 1. The lowest BCUT2D eigenvalue weighted by Gasteiger charge is -2.32. The van der Waals surface area contributed by atoms with Gasteiger partial charge in [0.15, 0.2) is 5.13 Å². The normalized spacial score (nSPS) is 16.8. The van der Waals surface area contributed by atoms with Gasteiger partial charge in [0.2, 0.25) is 11.8 Å². The number of ether oxygens (including phenoxy) is 2. The molecule has 0 bridgehead atoms. The maximum absolute atomic E-state index is 13.0. The topological polar surface area (TPSA) is 93.7 Å². The Labute approximate surface area is 161 Å². The van der Waals surface area contributed by atoms with Gasteiger partial charge in [-0.2, -0.15) is 0 Å². The van der Waals surface area contributed by atoms with E-state index in [2.05, 4.69) is 15.3 Å². The van der Waals surface area contributed by atoms with E-state index < -0.39 is 0 Å². The van der Waals surface area contributed by atoms with Crippen molar-refractivity contribution in [3.05, 3.63) is 35.5 Å². The number of amides is 2. The van der Waals surface area contributed by atoms with Crippen molar-refractivity contribution in [1.29, 1.82) is 0 Å². The number of aromatic nitrogens is 2. The molecule has 2 aromatic heterocycles. The van der Waals surface area contributed by atoms with Crippen molar-refractivity contribution in [1.82, 2.24) is 14.9 Å². The summed E-state index contributed by atoms with van der Waals surface area (Å²) in [5.74, 6) is -0.262. The maximum Gasteiger partial charge on any atom is 0.259 e. The lowest BCUT2D eigenvalue weighted by atomic mass is 9.96. The molecular weight excluding hydrogens is 368 g/mol. The van der Waals surface area contributed by atoms with Gasteiger partial charge >= 0.3 is 0 Å². The molecule has 9 heteroatoms. The van der Waals surface area contributed by atoms with Crippen molar-refractivity contribution in [2.45, 2.75) is 12.8 Å². The summed E-state index contributed by atoms with van der Waals surface area (Å²) in [4.78, 5) is 35.4. The smallest absolute Gasteiger partial charge is 0.259 e. The van der Waals surface area contributed by atoms with Gasteiger partial charge in [0, 0.05) is 38.0 Å². The van der Waals surface area contributed by atoms with Crippen LogP contribution in [0.25, 0.3) is 0 Å². The van der Waals surface area contributed by atoms with Gasteiger partial charge in [-0.3, -0.25) is 9.59 Å². The molecule has 1 aliphatic heterocycles. The van der Waals surface area contributed by atoms with Crippen molar-refractivity contribution in [3.8, 4) is 5.88 Å². The Bertz CT molecular complexity index is 768. The second kappa shape index (κ2) is 9.43. The van der Waals surface area contributed by atoms with Crippen LogP contribution in [-0.2, 0) is 9.53 Å². The summed E-state index contributed by atoms with van der Waals surface area (Å²) in [6.07, 6.45) is 4.73. The standard InChI is InChI=1S/C18H22N4O4S/c1-25-9-10-26-16-14(5-2-6-19-16)17(24)22-8-3-4-13(12-22)15(23)21-18-20-7-11-27-18/h2,5-7,11,13H,3-4,8-10,12H2,1H3,(H,20,21,23). The van der Waals surface area contributed by atoms with E-state index in [1.165, 1.54) is 11.3 Å². The van der Waals surface area contributed by atoms with Gasteiger partial charge in [-0.25, -0.2) is 9.97 Å². The number of carbonyl (C=O) groups excluding carboxylic acids is 2. The van der Waals surface area contributed by atoms with E-state index in [0.29, 0.717) is 37.0 Å². The SMILES string of the molecule is COCCOc1ncccc1C(=O)N1CCCC(C(=O)Nc2nccs2)C1. The molecule has 1 fully saturated rings. The number of carbonyl (C=O) groups is 2. The highest BCUT2D eigenvalue weighted by Gasteiger charge is 2.30. The van der Waals surface area contributed by atoms with Crippen LogP contribution in [0.4, 0.5) is 5.13 Å². The average Bonchev–Trinajstić information content (AvgIpc) is 3.21. The predicted molar refractivity (Wildman–Crippen MR) is 101 cm³/mol. The van der Waals surface area contributed by atoms with Gasteiger partial charge in [-0.05, 0) is 25.0 Å². The zero-order valence-corrected chi connectivity index (χ0v) is 15.9. The van der Waals surface area contributed by atoms with Crippen LogP contribution in [0.5, 0.6) is 5.88 Å². The minimum absolute atomic E-state index is 0.106. The molecule has 0 spiro atoms. The predicted octanol–water partition coefficient (Wildman–Crippen LogP) is 2.05. The first-order chi connectivity index (χ1) is 13.2. The molecule has 0 saturated carbocycles. The third kappa shape index (κ3) is 5.01. The van der Waals surface area contributed by atoms with Crippen LogP contribution >= 0.6 is 11.3 Å². The molecule has 0 radical (unpaired) electrons. The van der Waals surface area contributed by atoms with Gasteiger partial charge < -0.3 is 19.7 Å². The van der Waals surface area contributed by atoms with E-state index in [-0.39, 0.29) is 23.6 Å². The fourth-order valence-electron chi connectivity index (χ4n) is 2.93. The van der Waals surface area contributed by atoms with Crippen molar-refractivity contribution in [2.24, 2.45) is 5.92 Å². The molecule has 1 saturated heterocycles. The molecule has 1 aliphatic rings. The fourth-order valence-corrected chi connectivity index (χ4v) is 3.46. The monoisotopic (exact) mass is 390 g/mol.